The molecule has 4 aromatic heterocycles. The topological polar surface area (TPSA) is 56.7 Å². The Bertz CT molecular complexity index is 3750. The summed E-state index contributed by atoms with van der Waals surface area (Å²) in [5.74, 6) is 0.770. The molecule has 7 aromatic carbocycles. The van der Waals surface area contributed by atoms with E-state index >= 15 is 0 Å². The van der Waals surface area contributed by atoms with Gasteiger partial charge in [-0.15, -0.1) is 42.0 Å². The zero-order valence-corrected chi connectivity index (χ0v) is 41.8. The van der Waals surface area contributed by atoms with Gasteiger partial charge in [0.1, 0.15) is 5.58 Å². The molecular weight excluding hydrogens is 1020 g/mol. The second-order valence-electron chi connectivity index (χ2n) is 19.0. The molecule has 0 unspecified atom stereocenters. The van der Waals surface area contributed by atoms with Gasteiger partial charge in [0.2, 0.25) is 0 Å². The molecule has 1 radical (unpaired) electrons. The Morgan fingerprint density at radius 1 is 0.691 bits per heavy atom. The maximum absolute atomic E-state index is 14.1. The summed E-state index contributed by atoms with van der Waals surface area (Å²) in [5.41, 5.74) is 12.6. The zero-order valence-electron chi connectivity index (χ0n) is 42.4. The molecule has 0 bridgehead atoms. The fourth-order valence-electron chi connectivity index (χ4n) is 9.21. The molecule has 11 aromatic rings. The smallest absolute Gasteiger partial charge is 0.121 e. The molecule has 0 aliphatic carbocycles. The molecular formula is C61H53FIrN4O-2. The van der Waals surface area contributed by atoms with Crippen LogP contribution in [0.15, 0.2) is 150 Å². The van der Waals surface area contributed by atoms with E-state index in [2.05, 4.69) is 180 Å². The molecule has 0 atom stereocenters. The average molecular weight is 1070 g/mol. The van der Waals surface area contributed by atoms with E-state index in [1.54, 1.807) is 12.3 Å². The fourth-order valence-corrected chi connectivity index (χ4v) is 9.21. The van der Waals surface area contributed by atoms with Gasteiger partial charge in [-0.3, -0.25) is 14.4 Å². The third-order valence-corrected chi connectivity index (χ3v) is 12.8. The number of hydrogen-bond acceptors (Lipinski definition) is 4. The van der Waals surface area contributed by atoms with Crippen LogP contribution in [0.1, 0.15) is 92.4 Å². The number of pyridine rings is 2. The summed E-state index contributed by atoms with van der Waals surface area (Å²) in [7, 11) is 0. The molecule has 0 amide bonds. The Morgan fingerprint density at radius 2 is 1.43 bits per heavy atom. The van der Waals surface area contributed by atoms with E-state index < -0.39 is 12.7 Å². The first kappa shape index (κ1) is 42.6. The molecule has 0 fully saturated rings. The Balaban J connectivity index is 0.000000239. The van der Waals surface area contributed by atoms with Crippen LogP contribution < -0.4 is 0 Å². The van der Waals surface area contributed by atoms with E-state index in [1.807, 2.05) is 18.2 Å². The van der Waals surface area contributed by atoms with Gasteiger partial charge < -0.3 is 14.0 Å². The summed E-state index contributed by atoms with van der Waals surface area (Å²) in [6.45, 7) is 15.0. The van der Waals surface area contributed by atoms with Gasteiger partial charge >= 0.3 is 0 Å². The maximum Gasteiger partial charge on any atom is 0.121 e. The maximum atomic E-state index is 14.1. The van der Waals surface area contributed by atoms with Crippen molar-refractivity contribution in [3.63, 3.8) is 0 Å². The number of furan rings is 1. The van der Waals surface area contributed by atoms with Gasteiger partial charge in [0.15, 0.2) is 0 Å². The van der Waals surface area contributed by atoms with Gasteiger partial charge in [0.05, 0.1) is 33.8 Å². The summed E-state index contributed by atoms with van der Waals surface area (Å²) < 4.78 is 45.1. The minimum atomic E-state index is -2.33. The predicted octanol–water partition coefficient (Wildman–Crippen LogP) is 16.6. The molecule has 11 rings (SSSR count). The van der Waals surface area contributed by atoms with Crippen molar-refractivity contribution in [2.45, 2.75) is 79.5 Å². The largest absolute Gasteiger partial charge is 0.501 e. The van der Waals surface area contributed by atoms with Crippen molar-refractivity contribution in [1.29, 1.82) is 0 Å². The number of rotatable bonds is 6. The van der Waals surface area contributed by atoms with Crippen LogP contribution in [0, 0.1) is 31.7 Å². The SMILES string of the molecule is Cc1nc(-c2ccccc2)cc2c1nc(-c1[c-]ccc3c1oc1cc4c(ccc5ccccc54)cc13)n2-c1c(C(C)C)cccc1C(C)C.[2H]C([2H])([2H])c1c[c-]c(-c2ccc(C(C)(C)C)cn2)c(F)c1.[Ir]. The van der Waals surface area contributed by atoms with E-state index in [4.69, 9.17) is 18.5 Å². The van der Waals surface area contributed by atoms with E-state index in [0.29, 0.717) is 17.5 Å². The van der Waals surface area contributed by atoms with Crippen LogP contribution >= 0.6 is 0 Å². The number of benzene rings is 7. The van der Waals surface area contributed by atoms with Crippen molar-refractivity contribution in [1.82, 2.24) is 19.5 Å². The molecule has 0 spiro atoms. The Hall–Kier alpha value is -6.79. The van der Waals surface area contributed by atoms with Gasteiger partial charge in [-0.25, -0.2) is 0 Å². The van der Waals surface area contributed by atoms with Crippen LogP contribution in [0.4, 0.5) is 4.39 Å². The summed E-state index contributed by atoms with van der Waals surface area (Å²) >= 11 is 0. The van der Waals surface area contributed by atoms with Crippen molar-refractivity contribution in [3.05, 3.63) is 192 Å². The van der Waals surface area contributed by atoms with Crippen molar-refractivity contribution < 1.29 is 33.0 Å². The van der Waals surface area contributed by atoms with Crippen LogP contribution in [0.5, 0.6) is 0 Å². The third-order valence-electron chi connectivity index (χ3n) is 12.8. The number of aryl methyl sites for hydroxylation is 2. The van der Waals surface area contributed by atoms with Crippen molar-refractivity contribution in [2.24, 2.45) is 0 Å². The number of aromatic nitrogens is 4. The normalized spacial score (nSPS) is 12.7. The molecule has 0 saturated carbocycles. The first-order valence-corrected chi connectivity index (χ1v) is 22.9. The van der Waals surface area contributed by atoms with Crippen molar-refractivity contribution >= 4 is 54.5 Å². The monoisotopic (exact) mass is 1070 g/mol. The third kappa shape index (κ3) is 8.44. The zero-order chi connectivity index (χ0) is 49.2. The minimum Gasteiger partial charge on any atom is -0.501 e. The van der Waals surface area contributed by atoms with E-state index in [1.165, 1.54) is 44.4 Å². The first-order chi connectivity index (χ1) is 33.5. The molecule has 0 saturated heterocycles. The van der Waals surface area contributed by atoms with E-state index in [0.717, 1.165) is 72.9 Å². The van der Waals surface area contributed by atoms with Crippen LogP contribution in [-0.2, 0) is 25.5 Å². The number of para-hydroxylation sites is 1. The molecule has 7 heteroatoms. The molecule has 0 aliphatic heterocycles. The van der Waals surface area contributed by atoms with Gasteiger partial charge in [0, 0.05) is 52.9 Å². The molecule has 68 heavy (non-hydrogen) atoms. The van der Waals surface area contributed by atoms with E-state index in [-0.39, 0.29) is 36.6 Å². The van der Waals surface area contributed by atoms with E-state index in [9.17, 15) is 4.39 Å². The van der Waals surface area contributed by atoms with Gasteiger partial charge in [-0.1, -0.05) is 169 Å². The molecule has 341 valence electrons. The predicted molar refractivity (Wildman–Crippen MR) is 276 cm³/mol. The van der Waals surface area contributed by atoms with Crippen LogP contribution in [0.3, 0.4) is 0 Å². The molecule has 0 aliphatic rings. The first-order valence-electron chi connectivity index (χ1n) is 24.4. The summed E-state index contributed by atoms with van der Waals surface area (Å²) in [5, 5.41) is 6.96. The number of imidazole rings is 1. The minimum absolute atomic E-state index is 0. The number of halogens is 1. The second-order valence-corrected chi connectivity index (χ2v) is 19.0. The van der Waals surface area contributed by atoms with Crippen LogP contribution in [-0.4, -0.2) is 19.5 Å². The quantitative estimate of drug-likeness (QED) is 0.123. The van der Waals surface area contributed by atoms with Crippen molar-refractivity contribution in [3.8, 4) is 39.6 Å². The van der Waals surface area contributed by atoms with Gasteiger partial charge in [-0.2, -0.15) is 0 Å². The number of hydrogen-bond donors (Lipinski definition) is 0. The summed E-state index contributed by atoms with van der Waals surface area (Å²) in [6.07, 6.45) is 1.71. The number of nitrogens with zero attached hydrogens (tertiary/aromatic N) is 4. The molecule has 0 N–H and O–H groups in total. The Morgan fingerprint density at radius 3 is 2.12 bits per heavy atom. The Kier molecular flexibility index (Phi) is 11.5. The second kappa shape index (κ2) is 18.4. The van der Waals surface area contributed by atoms with Gasteiger partial charge in [-0.05, 0) is 86.3 Å². The fraction of sp³-hybridized carbons (Fsp3) is 0.197. The number of fused-ring (bicyclic) bond motifs is 7. The van der Waals surface area contributed by atoms with Crippen LogP contribution in [0.2, 0.25) is 0 Å². The molecule has 5 nitrogen and oxygen atoms in total. The molecule has 4 heterocycles. The summed E-state index contributed by atoms with van der Waals surface area (Å²) in [4.78, 5) is 14.7. The summed E-state index contributed by atoms with van der Waals surface area (Å²) in [6, 6.07) is 53.1. The average Bonchev–Trinajstić information content (AvgIpc) is 3.91. The Labute approximate surface area is 415 Å². The van der Waals surface area contributed by atoms with Gasteiger partial charge in [0.25, 0.3) is 0 Å². The standard InChI is InChI=1S/C45H36N3O.C16H17FN.Ir/c1-26(2)32-17-11-18-33(27(3)4)43(32)48-40-25-39(30-14-7-6-8-15-30)46-28(5)42(40)47-45(48)36-20-12-19-35-38-23-31-22-21-29-13-9-10-16-34(29)37(31)24-41(38)49-44(35)36;1-11-5-7-13(14(17)9-11)15-8-6-12(10-18-15)16(2,3)4;/h6-19,21-27H,1-5H3;5-6,8-10H,1-4H3;/q2*-1;/i;1D3;. The van der Waals surface area contributed by atoms with Crippen molar-refractivity contribution in [2.75, 3.05) is 0 Å². The van der Waals surface area contributed by atoms with Crippen LogP contribution in [0.25, 0.3) is 94.1 Å².